The van der Waals surface area contributed by atoms with Gasteiger partial charge in [-0.15, -0.1) is 0 Å². The standard InChI is InChI=1S/C20H26N4O/c1-4-24-13-18(15(3)23-24)14(2)22-20(25)11-7-8-16-12-21-19-10-6-5-9-17(16)19/h5-6,9-10,12-14,21H,4,7-8,11H2,1-3H3,(H,22,25). The maximum atomic E-state index is 12.3. The first kappa shape index (κ1) is 17.3. The minimum absolute atomic E-state index is 0.0131. The van der Waals surface area contributed by atoms with Crippen molar-refractivity contribution >= 4 is 16.8 Å². The van der Waals surface area contributed by atoms with E-state index < -0.39 is 0 Å². The van der Waals surface area contributed by atoms with Gasteiger partial charge in [0.1, 0.15) is 0 Å². The summed E-state index contributed by atoms with van der Waals surface area (Å²) in [6.07, 6.45) is 6.34. The molecule has 132 valence electrons. The molecule has 5 heteroatoms. The van der Waals surface area contributed by atoms with Crippen LogP contribution in [-0.4, -0.2) is 20.7 Å². The highest BCUT2D eigenvalue weighted by Gasteiger charge is 2.14. The molecule has 2 heterocycles. The smallest absolute Gasteiger partial charge is 0.220 e. The average molecular weight is 338 g/mol. The molecular formula is C20H26N4O. The lowest BCUT2D eigenvalue weighted by molar-refractivity contribution is -0.121. The highest BCUT2D eigenvalue weighted by atomic mass is 16.1. The molecule has 1 atom stereocenters. The van der Waals surface area contributed by atoms with E-state index in [1.807, 2.05) is 43.1 Å². The lowest BCUT2D eigenvalue weighted by Crippen LogP contribution is -2.26. The van der Waals surface area contributed by atoms with Crippen LogP contribution in [0.25, 0.3) is 10.9 Å². The number of hydrogen-bond acceptors (Lipinski definition) is 2. The van der Waals surface area contributed by atoms with Gasteiger partial charge in [0.15, 0.2) is 0 Å². The molecule has 0 fully saturated rings. The van der Waals surface area contributed by atoms with Gasteiger partial charge in [-0.25, -0.2) is 0 Å². The number of para-hydroxylation sites is 1. The maximum Gasteiger partial charge on any atom is 0.220 e. The van der Waals surface area contributed by atoms with Crippen molar-refractivity contribution in [2.24, 2.45) is 0 Å². The van der Waals surface area contributed by atoms with Crippen molar-refractivity contribution in [3.05, 3.63) is 53.5 Å². The summed E-state index contributed by atoms with van der Waals surface area (Å²) in [6.45, 7) is 6.90. The first-order valence-corrected chi connectivity index (χ1v) is 8.96. The van der Waals surface area contributed by atoms with Crippen LogP contribution in [0.2, 0.25) is 0 Å². The maximum absolute atomic E-state index is 12.3. The van der Waals surface area contributed by atoms with Gasteiger partial charge in [-0.1, -0.05) is 18.2 Å². The normalized spacial score (nSPS) is 12.4. The van der Waals surface area contributed by atoms with Crippen molar-refractivity contribution in [2.45, 2.75) is 52.6 Å². The number of carbonyl (C=O) groups excluding carboxylic acids is 1. The zero-order valence-electron chi connectivity index (χ0n) is 15.2. The Balaban J connectivity index is 1.51. The number of fused-ring (bicyclic) bond motifs is 1. The van der Waals surface area contributed by atoms with Crippen molar-refractivity contribution in [2.75, 3.05) is 0 Å². The molecule has 0 spiro atoms. The summed E-state index contributed by atoms with van der Waals surface area (Å²) in [6, 6.07) is 8.26. The second-order valence-corrected chi connectivity index (χ2v) is 6.53. The third-order valence-corrected chi connectivity index (χ3v) is 4.68. The molecule has 1 amide bonds. The molecule has 0 saturated carbocycles. The Hall–Kier alpha value is -2.56. The molecule has 1 aromatic carbocycles. The predicted octanol–water partition coefficient (Wildman–Crippen LogP) is 3.89. The molecule has 0 aliphatic rings. The predicted molar refractivity (Wildman–Crippen MR) is 100 cm³/mol. The molecule has 0 aliphatic carbocycles. The third kappa shape index (κ3) is 3.92. The van der Waals surface area contributed by atoms with E-state index in [-0.39, 0.29) is 11.9 Å². The number of H-pyrrole nitrogens is 1. The molecule has 2 aromatic heterocycles. The van der Waals surface area contributed by atoms with E-state index in [0.29, 0.717) is 6.42 Å². The summed E-state index contributed by atoms with van der Waals surface area (Å²) in [5, 5.41) is 8.78. The van der Waals surface area contributed by atoms with Crippen molar-refractivity contribution in [3.8, 4) is 0 Å². The Labute approximate surface area is 148 Å². The van der Waals surface area contributed by atoms with Gasteiger partial charge in [-0.3, -0.25) is 9.48 Å². The second-order valence-electron chi connectivity index (χ2n) is 6.53. The van der Waals surface area contributed by atoms with E-state index >= 15 is 0 Å². The molecule has 0 aliphatic heterocycles. The van der Waals surface area contributed by atoms with Gasteiger partial charge in [0.25, 0.3) is 0 Å². The molecule has 3 aromatic rings. The van der Waals surface area contributed by atoms with Crippen molar-refractivity contribution in [1.29, 1.82) is 0 Å². The molecule has 0 radical (unpaired) electrons. The summed E-state index contributed by atoms with van der Waals surface area (Å²) in [4.78, 5) is 15.5. The zero-order valence-corrected chi connectivity index (χ0v) is 15.2. The van der Waals surface area contributed by atoms with Gasteiger partial charge >= 0.3 is 0 Å². The fraction of sp³-hybridized carbons (Fsp3) is 0.400. The Morgan fingerprint density at radius 3 is 2.92 bits per heavy atom. The van der Waals surface area contributed by atoms with Crippen LogP contribution in [0.1, 0.15) is 49.6 Å². The van der Waals surface area contributed by atoms with Crippen LogP contribution in [0.4, 0.5) is 0 Å². The summed E-state index contributed by atoms with van der Waals surface area (Å²) in [5.74, 6) is 0.0935. The number of carbonyl (C=O) groups is 1. The van der Waals surface area contributed by atoms with Gasteiger partial charge < -0.3 is 10.3 Å². The number of aryl methyl sites for hydroxylation is 3. The number of amides is 1. The van der Waals surface area contributed by atoms with Gasteiger partial charge in [0.2, 0.25) is 5.91 Å². The first-order chi connectivity index (χ1) is 12.1. The van der Waals surface area contributed by atoms with Gasteiger partial charge in [-0.2, -0.15) is 5.10 Å². The zero-order chi connectivity index (χ0) is 17.8. The van der Waals surface area contributed by atoms with Crippen LogP contribution < -0.4 is 5.32 Å². The summed E-state index contributed by atoms with van der Waals surface area (Å²) in [7, 11) is 0. The topological polar surface area (TPSA) is 62.7 Å². The molecular weight excluding hydrogens is 312 g/mol. The van der Waals surface area contributed by atoms with Crippen LogP contribution in [0, 0.1) is 6.92 Å². The monoisotopic (exact) mass is 338 g/mol. The lowest BCUT2D eigenvalue weighted by Gasteiger charge is -2.13. The van der Waals surface area contributed by atoms with E-state index in [9.17, 15) is 4.79 Å². The largest absolute Gasteiger partial charge is 0.361 e. The number of rotatable bonds is 7. The minimum Gasteiger partial charge on any atom is -0.361 e. The minimum atomic E-state index is -0.0131. The Kier molecular flexibility index (Phi) is 5.22. The number of nitrogens with zero attached hydrogens (tertiary/aromatic N) is 2. The highest BCUT2D eigenvalue weighted by Crippen LogP contribution is 2.20. The van der Waals surface area contributed by atoms with E-state index in [0.717, 1.165) is 36.2 Å². The van der Waals surface area contributed by atoms with Crippen molar-refractivity contribution in [3.63, 3.8) is 0 Å². The molecule has 0 bridgehead atoms. The SMILES string of the molecule is CCn1cc(C(C)NC(=O)CCCc2c[nH]c3ccccc23)c(C)n1. The van der Waals surface area contributed by atoms with Crippen molar-refractivity contribution in [1.82, 2.24) is 20.1 Å². The van der Waals surface area contributed by atoms with Crippen LogP contribution in [0.15, 0.2) is 36.7 Å². The average Bonchev–Trinajstić information content (AvgIpc) is 3.18. The molecule has 5 nitrogen and oxygen atoms in total. The first-order valence-electron chi connectivity index (χ1n) is 8.96. The third-order valence-electron chi connectivity index (χ3n) is 4.68. The summed E-state index contributed by atoms with van der Waals surface area (Å²) >= 11 is 0. The van der Waals surface area contributed by atoms with E-state index in [2.05, 4.69) is 34.5 Å². The molecule has 1 unspecified atom stereocenters. The van der Waals surface area contributed by atoms with Crippen LogP contribution in [0.3, 0.4) is 0 Å². The van der Waals surface area contributed by atoms with E-state index in [1.54, 1.807) is 0 Å². The number of benzene rings is 1. The van der Waals surface area contributed by atoms with E-state index in [1.165, 1.54) is 10.9 Å². The number of hydrogen-bond donors (Lipinski definition) is 2. The number of aromatic nitrogens is 3. The quantitative estimate of drug-likeness (QED) is 0.686. The highest BCUT2D eigenvalue weighted by molar-refractivity contribution is 5.83. The summed E-state index contributed by atoms with van der Waals surface area (Å²) in [5.41, 5.74) is 4.50. The van der Waals surface area contributed by atoms with Gasteiger partial charge in [0, 0.05) is 41.8 Å². The number of nitrogens with one attached hydrogen (secondary N) is 2. The van der Waals surface area contributed by atoms with Gasteiger partial charge in [0.05, 0.1) is 11.7 Å². The lowest BCUT2D eigenvalue weighted by atomic mass is 10.1. The Bertz CT molecular complexity index is 862. The van der Waals surface area contributed by atoms with E-state index in [4.69, 9.17) is 0 Å². The second kappa shape index (κ2) is 7.55. The fourth-order valence-electron chi connectivity index (χ4n) is 3.29. The molecule has 0 saturated heterocycles. The van der Waals surface area contributed by atoms with Crippen molar-refractivity contribution < 1.29 is 4.79 Å². The van der Waals surface area contributed by atoms with Gasteiger partial charge in [-0.05, 0) is 45.2 Å². The Morgan fingerprint density at radius 1 is 1.36 bits per heavy atom. The Morgan fingerprint density at radius 2 is 2.16 bits per heavy atom. The van der Waals surface area contributed by atoms with Crippen LogP contribution in [-0.2, 0) is 17.8 Å². The molecule has 25 heavy (non-hydrogen) atoms. The molecule has 2 N–H and O–H groups in total. The number of aromatic amines is 1. The molecule has 3 rings (SSSR count). The fourth-order valence-corrected chi connectivity index (χ4v) is 3.29. The summed E-state index contributed by atoms with van der Waals surface area (Å²) < 4.78 is 1.91. The van der Waals surface area contributed by atoms with Crippen LogP contribution >= 0.6 is 0 Å². The van der Waals surface area contributed by atoms with Crippen LogP contribution in [0.5, 0.6) is 0 Å².